The quantitative estimate of drug-likeness (QED) is 0.837. The molecular formula is C19H23N3O3. The summed E-state index contributed by atoms with van der Waals surface area (Å²) in [5, 5.41) is 6.28. The van der Waals surface area contributed by atoms with E-state index in [0.717, 1.165) is 30.8 Å². The number of pyridine rings is 1. The molecule has 2 aromatic rings. The van der Waals surface area contributed by atoms with Crippen molar-refractivity contribution in [1.82, 2.24) is 15.6 Å². The van der Waals surface area contributed by atoms with E-state index in [0.29, 0.717) is 18.0 Å². The molecule has 0 radical (unpaired) electrons. The van der Waals surface area contributed by atoms with Gasteiger partial charge in [-0.05, 0) is 48.7 Å². The number of fused-ring (bicyclic) bond motifs is 1. The molecule has 25 heavy (non-hydrogen) atoms. The Kier molecular flexibility index (Phi) is 5.50. The van der Waals surface area contributed by atoms with E-state index < -0.39 is 0 Å². The van der Waals surface area contributed by atoms with Crippen LogP contribution in [0.1, 0.15) is 22.4 Å². The van der Waals surface area contributed by atoms with Crippen molar-refractivity contribution >= 4 is 5.91 Å². The maximum absolute atomic E-state index is 12.1. The van der Waals surface area contributed by atoms with Gasteiger partial charge in [0.15, 0.2) is 6.61 Å². The number of ether oxygens (including phenoxy) is 2. The van der Waals surface area contributed by atoms with Crippen molar-refractivity contribution in [2.75, 3.05) is 20.3 Å². The van der Waals surface area contributed by atoms with E-state index in [2.05, 4.69) is 15.6 Å². The molecule has 132 valence electrons. The average Bonchev–Trinajstić information content (AvgIpc) is 2.65. The molecule has 0 atom stereocenters. The zero-order valence-corrected chi connectivity index (χ0v) is 14.6. The maximum atomic E-state index is 12.1. The zero-order valence-electron chi connectivity index (χ0n) is 14.6. The second-order valence-corrected chi connectivity index (χ2v) is 6.00. The molecule has 0 spiro atoms. The Bertz CT molecular complexity index is 762. The molecule has 0 saturated heterocycles. The lowest BCUT2D eigenvalue weighted by atomic mass is 9.96. The molecule has 0 fully saturated rings. The molecule has 1 aliphatic rings. The standard InChI is InChI=1S/C19H23N3O3/c1-13-18(17-6-7-20-9-14(17)10-21-13)11-22-19(23)12-25-16-5-3-4-15(8-16)24-2/h3-5,8,10,20H,6-7,9,11-12H2,1-2H3,(H,22,23). The zero-order chi connectivity index (χ0) is 17.6. The molecule has 1 aromatic heterocycles. The van der Waals surface area contributed by atoms with Crippen LogP contribution in [0.15, 0.2) is 30.5 Å². The Morgan fingerprint density at radius 2 is 2.20 bits per heavy atom. The number of aryl methyl sites for hydroxylation is 1. The lowest BCUT2D eigenvalue weighted by Crippen LogP contribution is -2.31. The fourth-order valence-corrected chi connectivity index (χ4v) is 2.96. The van der Waals surface area contributed by atoms with E-state index >= 15 is 0 Å². The van der Waals surface area contributed by atoms with Crippen molar-refractivity contribution in [1.29, 1.82) is 0 Å². The van der Waals surface area contributed by atoms with Crippen LogP contribution in [0.25, 0.3) is 0 Å². The van der Waals surface area contributed by atoms with Gasteiger partial charge < -0.3 is 20.1 Å². The molecule has 0 unspecified atom stereocenters. The minimum atomic E-state index is -0.159. The fourth-order valence-electron chi connectivity index (χ4n) is 2.96. The average molecular weight is 341 g/mol. The molecule has 3 rings (SSSR count). The fraction of sp³-hybridized carbons (Fsp3) is 0.368. The first-order chi connectivity index (χ1) is 12.2. The van der Waals surface area contributed by atoms with Crippen molar-refractivity contribution in [3.63, 3.8) is 0 Å². The maximum Gasteiger partial charge on any atom is 0.258 e. The molecule has 1 aromatic carbocycles. The van der Waals surface area contributed by atoms with Crippen molar-refractivity contribution in [2.24, 2.45) is 0 Å². The highest BCUT2D eigenvalue weighted by Crippen LogP contribution is 2.21. The predicted octanol–water partition coefficient (Wildman–Crippen LogP) is 1.74. The lowest BCUT2D eigenvalue weighted by molar-refractivity contribution is -0.123. The molecule has 0 bridgehead atoms. The van der Waals surface area contributed by atoms with E-state index in [9.17, 15) is 4.79 Å². The summed E-state index contributed by atoms with van der Waals surface area (Å²) < 4.78 is 10.7. The molecule has 1 aliphatic heterocycles. The van der Waals surface area contributed by atoms with E-state index in [1.54, 1.807) is 19.2 Å². The van der Waals surface area contributed by atoms with E-state index in [4.69, 9.17) is 9.47 Å². The van der Waals surface area contributed by atoms with Gasteiger partial charge in [-0.15, -0.1) is 0 Å². The van der Waals surface area contributed by atoms with Crippen molar-refractivity contribution in [3.05, 3.63) is 52.8 Å². The second-order valence-electron chi connectivity index (χ2n) is 6.00. The number of aromatic nitrogens is 1. The smallest absolute Gasteiger partial charge is 0.258 e. The van der Waals surface area contributed by atoms with Gasteiger partial charge >= 0.3 is 0 Å². The molecule has 0 aliphatic carbocycles. The molecule has 2 N–H and O–H groups in total. The van der Waals surface area contributed by atoms with Crippen LogP contribution < -0.4 is 20.1 Å². The third-order valence-electron chi connectivity index (χ3n) is 4.34. The van der Waals surface area contributed by atoms with Crippen LogP contribution in [0.5, 0.6) is 11.5 Å². The summed E-state index contributed by atoms with van der Waals surface area (Å²) in [6.07, 6.45) is 2.89. The normalized spacial score (nSPS) is 13.0. The summed E-state index contributed by atoms with van der Waals surface area (Å²) in [6, 6.07) is 7.20. The second kappa shape index (κ2) is 7.98. The van der Waals surface area contributed by atoms with Gasteiger partial charge in [0.1, 0.15) is 11.5 Å². The van der Waals surface area contributed by atoms with Crippen LogP contribution in [0.2, 0.25) is 0 Å². The Balaban J connectivity index is 1.57. The number of nitrogens with zero attached hydrogens (tertiary/aromatic N) is 1. The summed E-state index contributed by atoms with van der Waals surface area (Å²) in [5.74, 6) is 1.15. The number of carbonyl (C=O) groups excluding carboxylic acids is 1. The molecule has 1 amide bonds. The number of hydrogen-bond acceptors (Lipinski definition) is 5. The Morgan fingerprint density at radius 3 is 3.04 bits per heavy atom. The number of rotatable bonds is 6. The van der Waals surface area contributed by atoms with Crippen LogP contribution in [-0.4, -0.2) is 31.2 Å². The summed E-state index contributed by atoms with van der Waals surface area (Å²) >= 11 is 0. The number of methoxy groups -OCH3 is 1. The lowest BCUT2D eigenvalue weighted by Gasteiger charge is -2.21. The summed E-state index contributed by atoms with van der Waals surface area (Å²) in [6.45, 7) is 4.22. The van der Waals surface area contributed by atoms with E-state index in [1.807, 2.05) is 25.3 Å². The van der Waals surface area contributed by atoms with Crippen LogP contribution in [-0.2, 0) is 24.3 Å². The first-order valence-electron chi connectivity index (χ1n) is 8.38. The summed E-state index contributed by atoms with van der Waals surface area (Å²) in [5.41, 5.74) is 4.61. The number of hydrogen-bond donors (Lipinski definition) is 2. The molecule has 0 saturated carbocycles. The van der Waals surface area contributed by atoms with Crippen LogP contribution >= 0.6 is 0 Å². The Labute approximate surface area is 147 Å². The molecule has 2 heterocycles. The highest BCUT2D eigenvalue weighted by atomic mass is 16.5. The third-order valence-corrected chi connectivity index (χ3v) is 4.34. The number of carbonyl (C=O) groups is 1. The van der Waals surface area contributed by atoms with Gasteiger partial charge in [0.25, 0.3) is 5.91 Å². The van der Waals surface area contributed by atoms with Crippen molar-refractivity contribution in [3.8, 4) is 11.5 Å². The van der Waals surface area contributed by atoms with Crippen LogP contribution in [0.4, 0.5) is 0 Å². The van der Waals surface area contributed by atoms with Crippen molar-refractivity contribution < 1.29 is 14.3 Å². The topological polar surface area (TPSA) is 72.5 Å². The minimum absolute atomic E-state index is 0.0315. The molecular weight excluding hydrogens is 318 g/mol. The van der Waals surface area contributed by atoms with Gasteiger partial charge in [-0.2, -0.15) is 0 Å². The Morgan fingerprint density at radius 1 is 1.36 bits per heavy atom. The first kappa shape index (κ1) is 17.2. The highest BCUT2D eigenvalue weighted by Gasteiger charge is 2.16. The van der Waals surface area contributed by atoms with Gasteiger partial charge in [-0.3, -0.25) is 9.78 Å². The number of amides is 1. The summed E-state index contributed by atoms with van der Waals surface area (Å²) in [7, 11) is 1.60. The minimum Gasteiger partial charge on any atom is -0.497 e. The molecule has 6 heteroatoms. The van der Waals surface area contributed by atoms with Gasteiger partial charge in [0.05, 0.1) is 7.11 Å². The number of nitrogens with one attached hydrogen (secondary N) is 2. The first-order valence-corrected chi connectivity index (χ1v) is 8.38. The largest absolute Gasteiger partial charge is 0.497 e. The van der Waals surface area contributed by atoms with Gasteiger partial charge in [-0.1, -0.05) is 6.07 Å². The van der Waals surface area contributed by atoms with Crippen LogP contribution in [0.3, 0.4) is 0 Å². The highest BCUT2D eigenvalue weighted by molar-refractivity contribution is 5.77. The van der Waals surface area contributed by atoms with Gasteiger partial charge in [-0.25, -0.2) is 0 Å². The monoisotopic (exact) mass is 341 g/mol. The molecule has 6 nitrogen and oxygen atoms in total. The van der Waals surface area contributed by atoms with Gasteiger partial charge in [0, 0.05) is 31.0 Å². The third kappa shape index (κ3) is 4.28. The Hall–Kier alpha value is -2.60. The van der Waals surface area contributed by atoms with Crippen LogP contribution in [0, 0.1) is 6.92 Å². The SMILES string of the molecule is COc1cccc(OCC(=O)NCc2c(C)ncc3c2CCNC3)c1. The van der Waals surface area contributed by atoms with Crippen molar-refractivity contribution in [2.45, 2.75) is 26.4 Å². The summed E-state index contributed by atoms with van der Waals surface area (Å²) in [4.78, 5) is 16.6. The van der Waals surface area contributed by atoms with E-state index in [1.165, 1.54) is 11.1 Å². The number of benzene rings is 1. The van der Waals surface area contributed by atoms with E-state index in [-0.39, 0.29) is 12.5 Å². The van der Waals surface area contributed by atoms with Gasteiger partial charge in [0.2, 0.25) is 0 Å². The predicted molar refractivity (Wildman–Crippen MR) is 94.7 cm³/mol.